The molecule has 0 spiro atoms. The maximum atomic E-state index is 12.8. The molecule has 4 aromatic rings. The summed E-state index contributed by atoms with van der Waals surface area (Å²) in [5.74, 6) is -0.577. The van der Waals surface area contributed by atoms with Crippen LogP contribution >= 0.6 is 0 Å². The Morgan fingerprint density at radius 3 is 1.79 bits per heavy atom. The van der Waals surface area contributed by atoms with Gasteiger partial charge in [0.15, 0.2) is 0 Å². The highest BCUT2D eigenvalue weighted by atomic mass is 32.2. The predicted octanol–water partition coefficient (Wildman–Crippen LogP) is 5.92. The molecule has 1 N–H and O–H groups in total. The average molecular weight is 458 g/mol. The highest BCUT2D eigenvalue weighted by Gasteiger charge is 2.18. The van der Waals surface area contributed by atoms with E-state index in [-0.39, 0.29) is 10.5 Å². The number of rotatable bonds is 6. The van der Waals surface area contributed by atoms with Crippen LogP contribution in [-0.2, 0) is 14.8 Å². The van der Waals surface area contributed by atoms with Crippen molar-refractivity contribution in [1.29, 1.82) is 0 Å². The summed E-state index contributed by atoms with van der Waals surface area (Å²) in [7, 11) is -2.60. The zero-order chi connectivity index (χ0) is 23.4. The molecule has 0 aromatic heterocycles. The molecule has 0 atom stereocenters. The van der Waals surface area contributed by atoms with E-state index in [9.17, 15) is 13.2 Å². The second-order valence-electron chi connectivity index (χ2n) is 7.59. The Labute approximate surface area is 193 Å². The van der Waals surface area contributed by atoms with Crippen LogP contribution in [0.15, 0.2) is 102 Å². The summed E-state index contributed by atoms with van der Waals surface area (Å²) in [5, 5.41) is 0. The second-order valence-corrected chi connectivity index (χ2v) is 9.28. The number of carbonyl (C=O) groups is 1. The fourth-order valence-corrected chi connectivity index (χ4v) is 4.61. The summed E-state index contributed by atoms with van der Waals surface area (Å²) in [6.07, 6.45) is 0. The van der Waals surface area contributed by atoms with Crippen molar-refractivity contribution in [2.24, 2.45) is 0 Å². The minimum absolute atomic E-state index is 0.00548. The molecule has 4 rings (SSSR count). The molecule has 6 heteroatoms. The third-order valence-corrected chi connectivity index (χ3v) is 6.77. The van der Waals surface area contributed by atoms with Crippen molar-refractivity contribution in [3.63, 3.8) is 0 Å². The van der Waals surface area contributed by atoms with E-state index in [0.29, 0.717) is 11.3 Å². The van der Waals surface area contributed by atoms with Crippen molar-refractivity contribution in [2.45, 2.75) is 11.8 Å². The van der Waals surface area contributed by atoms with Gasteiger partial charge < -0.3 is 4.74 Å². The van der Waals surface area contributed by atoms with Gasteiger partial charge in [-0.15, -0.1) is 0 Å². The Balaban J connectivity index is 1.52. The summed E-state index contributed by atoms with van der Waals surface area (Å²) in [6, 6.07) is 29.9. The van der Waals surface area contributed by atoms with Gasteiger partial charge in [0.2, 0.25) is 0 Å². The number of hydrogen-bond acceptors (Lipinski definition) is 4. The van der Waals surface area contributed by atoms with Gasteiger partial charge in [-0.05, 0) is 59.0 Å². The van der Waals surface area contributed by atoms with Gasteiger partial charge in [0.25, 0.3) is 10.0 Å². The normalized spacial score (nSPS) is 11.1. The molecule has 0 radical (unpaired) electrons. The van der Waals surface area contributed by atoms with Gasteiger partial charge in [-0.1, -0.05) is 72.8 Å². The Morgan fingerprint density at radius 1 is 0.727 bits per heavy atom. The molecule has 0 aliphatic carbocycles. The first-order valence-corrected chi connectivity index (χ1v) is 11.8. The smallest absolute Gasteiger partial charge is 0.338 e. The van der Waals surface area contributed by atoms with Gasteiger partial charge in [0.1, 0.15) is 0 Å². The van der Waals surface area contributed by atoms with Crippen molar-refractivity contribution in [3.8, 4) is 22.3 Å². The maximum absolute atomic E-state index is 12.8. The van der Waals surface area contributed by atoms with Crippen molar-refractivity contribution in [2.75, 3.05) is 11.8 Å². The predicted molar refractivity (Wildman–Crippen MR) is 131 cm³/mol. The second kappa shape index (κ2) is 9.30. The molecular formula is C27H23NO4S. The number of sulfonamides is 1. The van der Waals surface area contributed by atoms with E-state index in [2.05, 4.69) is 29.0 Å². The largest absolute Gasteiger partial charge is 0.465 e. The lowest BCUT2D eigenvalue weighted by molar-refractivity contribution is 0.0599. The molecule has 0 unspecified atom stereocenters. The lowest BCUT2D eigenvalue weighted by Crippen LogP contribution is -2.14. The van der Waals surface area contributed by atoms with Crippen LogP contribution in [-0.4, -0.2) is 21.5 Å². The Kier molecular flexibility index (Phi) is 6.29. The maximum Gasteiger partial charge on any atom is 0.338 e. The number of esters is 1. The van der Waals surface area contributed by atoms with Crippen molar-refractivity contribution < 1.29 is 17.9 Å². The SMILES string of the molecule is COC(=O)c1cc(S(=O)(=O)Nc2ccc(-c3ccc(-c4ccccc4)cc3)cc2)ccc1C. The topological polar surface area (TPSA) is 72.5 Å². The molecule has 33 heavy (non-hydrogen) atoms. The molecule has 0 amide bonds. The average Bonchev–Trinajstić information content (AvgIpc) is 2.84. The molecule has 0 saturated carbocycles. The molecule has 5 nitrogen and oxygen atoms in total. The van der Waals surface area contributed by atoms with Gasteiger partial charge in [-0.3, -0.25) is 4.72 Å². The summed E-state index contributed by atoms with van der Waals surface area (Å²) in [5.41, 5.74) is 5.58. The number of carbonyl (C=O) groups excluding carboxylic acids is 1. The van der Waals surface area contributed by atoms with Gasteiger partial charge in [0.05, 0.1) is 17.6 Å². The van der Waals surface area contributed by atoms with Crippen LogP contribution < -0.4 is 4.72 Å². The Bertz CT molecular complexity index is 1380. The third-order valence-electron chi connectivity index (χ3n) is 5.39. The molecule has 166 valence electrons. The van der Waals surface area contributed by atoms with E-state index in [1.165, 1.54) is 19.2 Å². The monoisotopic (exact) mass is 457 g/mol. The summed E-state index contributed by atoms with van der Waals surface area (Å²) in [6.45, 7) is 1.72. The van der Waals surface area contributed by atoms with Crippen LogP contribution in [0.4, 0.5) is 5.69 Å². The zero-order valence-electron chi connectivity index (χ0n) is 18.3. The standard InChI is InChI=1S/C27H23NO4S/c1-19-8-17-25(18-26(19)27(29)32-2)33(30,31)28-24-15-13-23(14-16-24)22-11-9-21(10-12-22)20-6-4-3-5-7-20/h3-18,28H,1-2H3. The number of hydrogen-bond donors (Lipinski definition) is 1. The van der Waals surface area contributed by atoms with Crippen LogP contribution in [0.3, 0.4) is 0 Å². The van der Waals surface area contributed by atoms with Crippen molar-refractivity contribution in [1.82, 2.24) is 0 Å². The first-order valence-electron chi connectivity index (χ1n) is 10.3. The molecule has 0 aliphatic rings. The molecular weight excluding hydrogens is 434 g/mol. The minimum Gasteiger partial charge on any atom is -0.465 e. The van der Waals surface area contributed by atoms with E-state index < -0.39 is 16.0 Å². The van der Waals surface area contributed by atoms with E-state index in [1.54, 1.807) is 25.1 Å². The number of methoxy groups -OCH3 is 1. The van der Waals surface area contributed by atoms with E-state index in [0.717, 1.165) is 22.3 Å². The van der Waals surface area contributed by atoms with Crippen LogP contribution in [0.1, 0.15) is 15.9 Å². The fourth-order valence-electron chi connectivity index (χ4n) is 3.53. The molecule has 0 saturated heterocycles. The van der Waals surface area contributed by atoms with E-state index >= 15 is 0 Å². The van der Waals surface area contributed by atoms with E-state index in [1.807, 2.05) is 42.5 Å². The third kappa shape index (κ3) is 4.96. The Morgan fingerprint density at radius 2 is 1.24 bits per heavy atom. The molecule has 0 fully saturated rings. The van der Waals surface area contributed by atoms with Crippen LogP contribution in [0.25, 0.3) is 22.3 Å². The lowest BCUT2D eigenvalue weighted by Gasteiger charge is -2.11. The summed E-state index contributed by atoms with van der Waals surface area (Å²) >= 11 is 0. The van der Waals surface area contributed by atoms with Gasteiger partial charge in [0, 0.05) is 5.69 Å². The van der Waals surface area contributed by atoms with Crippen molar-refractivity contribution in [3.05, 3.63) is 108 Å². The van der Waals surface area contributed by atoms with Crippen LogP contribution in [0.5, 0.6) is 0 Å². The number of ether oxygens (including phenoxy) is 1. The molecule has 0 heterocycles. The van der Waals surface area contributed by atoms with Gasteiger partial charge in [-0.2, -0.15) is 0 Å². The number of nitrogens with one attached hydrogen (secondary N) is 1. The molecule has 0 aliphatic heterocycles. The first-order chi connectivity index (χ1) is 15.9. The summed E-state index contributed by atoms with van der Waals surface area (Å²) in [4.78, 5) is 11.9. The van der Waals surface area contributed by atoms with E-state index in [4.69, 9.17) is 4.74 Å². The van der Waals surface area contributed by atoms with Crippen LogP contribution in [0, 0.1) is 6.92 Å². The molecule has 0 bridgehead atoms. The number of aryl methyl sites for hydroxylation is 1. The van der Waals surface area contributed by atoms with Gasteiger partial charge in [-0.25, -0.2) is 13.2 Å². The van der Waals surface area contributed by atoms with Crippen molar-refractivity contribution >= 4 is 21.7 Å². The Hall–Kier alpha value is -3.90. The zero-order valence-corrected chi connectivity index (χ0v) is 19.1. The quantitative estimate of drug-likeness (QED) is 0.365. The first kappa shape index (κ1) is 22.3. The van der Waals surface area contributed by atoms with Crippen LogP contribution in [0.2, 0.25) is 0 Å². The number of benzene rings is 4. The highest BCUT2D eigenvalue weighted by Crippen LogP contribution is 2.27. The lowest BCUT2D eigenvalue weighted by atomic mass is 10.0. The minimum atomic E-state index is -3.87. The molecule has 4 aromatic carbocycles. The number of anilines is 1. The summed E-state index contributed by atoms with van der Waals surface area (Å²) < 4.78 is 33.0. The van der Waals surface area contributed by atoms with Gasteiger partial charge >= 0.3 is 5.97 Å². The highest BCUT2D eigenvalue weighted by molar-refractivity contribution is 7.92. The fraction of sp³-hybridized carbons (Fsp3) is 0.0741.